The maximum Gasteiger partial charge on any atom is 0.220 e. The highest BCUT2D eigenvalue weighted by molar-refractivity contribution is 6.20. The third-order valence-electron chi connectivity index (χ3n) is 3.61. The molecular formula is C15H28ClNO. The van der Waals surface area contributed by atoms with E-state index in [1.165, 1.54) is 25.7 Å². The minimum absolute atomic E-state index is 0.0421. The molecule has 1 saturated carbocycles. The Morgan fingerprint density at radius 3 is 2.50 bits per heavy atom. The lowest BCUT2D eigenvalue weighted by Crippen LogP contribution is -2.31. The standard InChI is InChI=1S/C15H28ClNO/c1-15(2,3)10-13(16)11-17-14(18)9-8-12-6-4-5-7-12/h12-13H,4-11H2,1-3H3,(H,17,18). The maximum absolute atomic E-state index is 11.7. The number of amides is 1. The molecule has 3 heteroatoms. The summed E-state index contributed by atoms with van der Waals surface area (Å²) in [5.74, 6) is 0.957. The van der Waals surface area contributed by atoms with Crippen molar-refractivity contribution < 1.29 is 4.79 Å². The summed E-state index contributed by atoms with van der Waals surface area (Å²) in [7, 11) is 0. The Kier molecular flexibility index (Phi) is 6.48. The fourth-order valence-corrected chi connectivity index (χ4v) is 3.22. The number of nitrogens with one attached hydrogen (secondary N) is 1. The van der Waals surface area contributed by atoms with Gasteiger partial charge in [0, 0.05) is 13.0 Å². The molecule has 0 aromatic carbocycles. The molecule has 0 aromatic rings. The number of halogens is 1. The number of carbonyl (C=O) groups is 1. The first-order chi connectivity index (χ1) is 8.37. The summed E-state index contributed by atoms with van der Waals surface area (Å²) in [5.41, 5.74) is 0.223. The number of hydrogen-bond acceptors (Lipinski definition) is 1. The zero-order chi connectivity index (χ0) is 13.6. The molecule has 0 aliphatic heterocycles. The van der Waals surface area contributed by atoms with E-state index in [0.29, 0.717) is 13.0 Å². The van der Waals surface area contributed by atoms with Crippen molar-refractivity contribution >= 4 is 17.5 Å². The van der Waals surface area contributed by atoms with E-state index in [-0.39, 0.29) is 16.7 Å². The summed E-state index contributed by atoms with van der Waals surface area (Å²) in [6.45, 7) is 7.11. The van der Waals surface area contributed by atoms with Crippen LogP contribution in [0.3, 0.4) is 0 Å². The van der Waals surface area contributed by atoms with Crippen molar-refractivity contribution in [2.24, 2.45) is 11.3 Å². The smallest absolute Gasteiger partial charge is 0.220 e. The zero-order valence-corrected chi connectivity index (χ0v) is 12.9. The molecule has 1 fully saturated rings. The lowest BCUT2D eigenvalue weighted by atomic mass is 9.90. The Morgan fingerprint density at radius 1 is 1.33 bits per heavy atom. The van der Waals surface area contributed by atoms with Gasteiger partial charge in [-0.1, -0.05) is 46.5 Å². The van der Waals surface area contributed by atoms with E-state index in [9.17, 15) is 4.79 Å². The zero-order valence-electron chi connectivity index (χ0n) is 12.1. The average molecular weight is 274 g/mol. The highest BCUT2D eigenvalue weighted by Gasteiger charge is 2.18. The molecule has 0 saturated heterocycles. The van der Waals surface area contributed by atoms with E-state index in [4.69, 9.17) is 11.6 Å². The van der Waals surface area contributed by atoms with Crippen LogP contribution in [0.4, 0.5) is 0 Å². The van der Waals surface area contributed by atoms with Gasteiger partial charge in [0.25, 0.3) is 0 Å². The van der Waals surface area contributed by atoms with E-state index in [1.807, 2.05) is 0 Å². The van der Waals surface area contributed by atoms with Crippen LogP contribution >= 0.6 is 11.6 Å². The maximum atomic E-state index is 11.7. The minimum atomic E-state index is 0.0421. The van der Waals surface area contributed by atoms with Gasteiger partial charge in [-0.2, -0.15) is 0 Å². The number of hydrogen-bond donors (Lipinski definition) is 1. The van der Waals surface area contributed by atoms with Crippen LogP contribution in [0.15, 0.2) is 0 Å². The first-order valence-electron chi connectivity index (χ1n) is 7.27. The lowest BCUT2D eigenvalue weighted by Gasteiger charge is -2.22. The van der Waals surface area contributed by atoms with Gasteiger partial charge in [0.1, 0.15) is 0 Å². The van der Waals surface area contributed by atoms with Gasteiger partial charge in [-0.25, -0.2) is 0 Å². The van der Waals surface area contributed by atoms with Crippen LogP contribution in [0.1, 0.15) is 65.7 Å². The van der Waals surface area contributed by atoms with E-state index >= 15 is 0 Å². The summed E-state index contributed by atoms with van der Waals surface area (Å²) < 4.78 is 0. The highest BCUT2D eigenvalue weighted by Crippen LogP contribution is 2.28. The average Bonchev–Trinajstić information content (AvgIpc) is 2.74. The Labute approximate surface area is 117 Å². The van der Waals surface area contributed by atoms with Crippen molar-refractivity contribution in [2.45, 2.75) is 71.1 Å². The van der Waals surface area contributed by atoms with E-state index < -0.39 is 0 Å². The second-order valence-corrected chi connectivity index (χ2v) is 7.47. The van der Waals surface area contributed by atoms with Crippen LogP contribution in [-0.4, -0.2) is 17.8 Å². The van der Waals surface area contributed by atoms with Crippen LogP contribution in [0.5, 0.6) is 0 Å². The first-order valence-corrected chi connectivity index (χ1v) is 7.71. The number of carbonyl (C=O) groups excluding carboxylic acids is 1. The molecule has 0 radical (unpaired) electrons. The molecule has 0 heterocycles. The SMILES string of the molecule is CC(C)(C)CC(Cl)CNC(=O)CCC1CCCC1. The monoisotopic (exact) mass is 273 g/mol. The normalized spacial score (nSPS) is 18.9. The molecule has 0 aromatic heterocycles. The molecule has 1 aliphatic rings. The molecule has 1 N–H and O–H groups in total. The minimum Gasteiger partial charge on any atom is -0.355 e. The topological polar surface area (TPSA) is 29.1 Å². The summed E-state index contributed by atoms with van der Waals surface area (Å²) in [4.78, 5) is 11.7. The Balaban J connectivity index is 2.08. The number of alkyl halides is 1. The molecule has 106 valence electrons. The fraction of sp³-hybridized carbons (Fsp3) is 0.933. The van der Waals surface area contributed by atoms with Crippen molar-refractivity contribution in [1.29, 1.82) is 0 Å². The largest absolute Gasteiger partial charge is 0.355 e. The fourth-order valence-electron chi connectivity index (χ4n) is 2.68. The quantitative estimate of drug-likeness (QED) is 0.725. The molecule has 0 bridgehead atoms. The van der Waals surface area contributed by atoms with Crippen LogP contribution < -0.4 is 5.32 Å². The van der Waals surface area contributed by atoms with Crippen LogP contribution in [-0.2, 0) is 4.79 Å². The summed E-state index contributed by atoms with van der Waals surface area (Å²) in [6, 6.07) is 0. The molecule has 1 unspecified atom stereocenters. The van der Waals surface area contributed by atoms with Gasteiger partial charge in [-0.05, 0) is 24.2 Å². The number of rotatable bonds is 6. The second kappa shape index (κ2) is 7.37. The van der Waals surface area contributed by atoms with Crippen molar-refractivity contribution in [2.75, 3.05) is 6.54 Å². The van der Waals surface area contributed by atoms with Gasteiger partial charge < -0.3 is 5.32 Å². The van der Waals surface area contributed by atoms with Crippen LogP contribution in [0.2, 0.25) is 0 Å². The molecule has 1 rings (SSSR count). The summed E-state index contributed by atoms with van der Waals surface area (Å²) >= 11 is 6.22. The molecule has 2 nitrogen and oxygen atoms in total. The molecule has 18 heavy (non-hydrogen) atoms. The van der Waals surface area contributed by atoms with Gasteiger partial charge in [0.2, 0.25) is 5.91 Å². The molecule has 1 atom stereocenters. The predicted molar refractivity (Wildman–Crippen MR) is 77.9 cm³/mol. The van der Waals surface area contributed by atoms with Gasteiger partial charge >= 0.3 is 0 Å². The van der Waals surface area contributed by atoms with Gasteiger partial charge in [-0.15, -0.1) is 11.6 Å². The van der Waals surface area contributed by atoms with E-state index in [2.05, 4.69) is 26.1 Å². The highest BCUT2D eigenvalue weighted by atomic mass is 35.5. The molecular weight excluding hydrogens is 246 g/mol. The summed E-state index contributed by atoms with van der Waals surface area (Å²) in [6.07, 6.45) is 7.98. The van der Waals surface area contributed by atoms with Gasteiger partial charge in [0.15, 0.2) is 0 Å². The second-order valence-electron chi connectivity index (χ2n) is 6.86. The van der Waals surface area contributed by atoms with E-state index in [1.54, 1.807) is 0 Å². The van der Waals surface area contributed by atoms with Gasteiger partial charge in [0.05, 0.1) is 5.38 Å². The van der Waals surface area contributed by atoms with Crippen molar-refractivity contribution in [3.8, 4) is 0 Å². The molecule has 0 spiro atoms. The van der Waals surface area contributed by atoms with Crippen LogP contribution in [0.25, 0.3) is 0 Å². The third-order valence-corrected chi connectivity index (χ3v) is 3.92. The predicted octanol–water partition coefficient (Wildman–Crippen LogP) is 4.12. The van der Waals surface area contributed by atoms with Gasteiger partial charge in [-0.3, -0.25) is 4.79 Å². The first kappa shape index (κ1) is 15.8. The van der Waals surface area contributed by atoms with Crippen molar-refractivity contribution in [3.05, 3.63) is 0 Å². The molecule has 1 aliphatic carbocycles. The summed E-state index contributed by atoms with van der Waals surface area (Å²) in [5, 5.41) is 3.00. The van der Waals surface area contributed by atoms with Crippen molar-refractivity contribution in [1.82, 2.24) is 5.32 Å². The third kappa shape index (κ3) is 7.25. The Bertz CT molecular complexity index is 254. The Hall–Kier alpha value is -0.240. The van der Waals surface area contributed by atoms with Crippen LogP contribution in [0, 0.1) is 11.3 Å². The van der Waals surface area contributed by atoms with E-state index in [0.717, 1.165) is 18.8 Å². The lowest BCUT2D eigenvalue weighted by molar-refractivity contribution is -0.121. The molecule has 1 amide bonds. The van der Waals surface area contributed by atoms with Crippen molar-refractivity contribution in [3.63, 3.8) is 0 Å². The Morgan fingerprint density at radius 2 is 1.94 bits per heavy atom.